The molecule has 2 aromatic carbocycles. The van der Waals surface area contributed by atoms with Crippen molar-refractivity contribution in [2.45, 2.75) is 11.5 Å². The smallest absolute Gasteiger partial charge is 0.322 e. The second kappa shape index (κ2) is 6.82. The monoisotopic (exact) mass is 343 g/mol. The molecule has 0 atom stereocenters. The van der Waals surface area contributed by atoms with Crippen molar-refractivity contribution in [3.05, 3.63) is 65.5 Å². The largest absolute Gasteiger partial charge is 0.337 e. The normalized spacial score (nSPS) is 11.5. The summed E-state index contributed by atoms with van der Waals surface area (Å²) in [4.78, 5) is 12.0. The summed E-state index contributed by atoms with van der Waals surface area (Å²) in [5.74, 6) is -5.17. The number of hydrogen-bond acceptors (Lipinski definition) is 3. The zero-order valence-corrected chi connectivity index (χ0v) is 12.5. The molecule has 0 spiro atoms. The lowest BCUT2D eigenvalue weighted by Gasteiger charge is -2.07. The van der Waals surface area contributed by atoms with Gasteiger partial charge in [-0.2, -0.15) is 8.78 Å². The van der Waals surface area contributed by atoms with E-state index in [-0.39, 0.29) is 11.1 Å². The Balaban J connectivity index is 2.07. The predicted molar refractivity (Wildman–Crippen MR) is 79.4 cm³/mol. The summed E-state index contributed by atoms with van der Waals surface area (Å²) in [5, 5.41) is 2.53. The van der Waals surface area contributed by atoms with Gasteiger partial charge in [0.2, 0.25) is 9.84 Å². The van der Waals surface area contributed by atoms with Crippen LogP contribution in [0.25, 0.3) is 0 Å². The Morgan fingerprint density at radius 2 is 1.57 bits per heavy atom. The highest BCUT2D eigenvalue weighted by Crippen LogP contribution is 2.15. The standard InChI is InChI=1S/C15H12F3NO3S/c16-12-5-7-13(8-6-12)19-14(20)11-3-1-10(2-4-11)9-23(21,22)15(17)18/h1-8,15H,9H2,(H,19,20). The van der Waals surface area contributed by atoms with Crippen molar-refractivity contribution in [2.75, 3.05) is 5.32 Å². The van der Waals surface area contributed by atoms with Gasteiger partial charge >= 0.3 is 5.76 Å². The van der Waals surface area contributed by atoms with Crippen LogP contribution in [0.4, 0.5) is 18.9 Å². The van der Waals surface area contributed by atoms with Gasteiger partial charge in [-0.1, -0.05) is 12.1 Å². The Bertz CT molecular complexity index is 788. The molecule has 0 aromatic heterocycles. The van der Waals surface area contributed by atoms with E-state index in [2.05, 4.69) is 5.32 Å². The minimum absolute atomic E-state index is 0.156. The molecule has 0 bridgehead atoms. The molecule has 0 heterocycles. The summed E-state index contributed by atoms with van der Waals surface area (Å²) in [7, 11) is -4.51. The van der Waals surface area contributed by atoms with E-state index in [9.17, 15) is 26.4 Å². The van der Waals surface area contributed by atoms with Gasteiger partial charge in [-0.05, 0) is 42.0 Å². The molecule has 1 N–H and O–H groups in total. The highest BCUT2D eigenvalue weighted by atomic mass is 32.2. The van der Waals surface area contributed by atoms with E-state index in [0.29, 0.717) is 5.69 Å². The van der Waals surface area contributed by atoms with Crippen molar-refractivity contribution in [3.63, 3.8) is 0 Å². The van der Waals surface area contributed by atoms with E-state index >= 15 is 0 Å². The van der Waals surface area contributed by atoms with Gasteiger partial charge in [0.05, 0.1) is 5.75 Å². The molecule has 1 amide bonds. The van der Waals surface area contributed by atoms with Crippen LogP contribution in [0.5, 0.6) is 0 Å². The number of rotatable bonds is 5. The van der Waals surface area contributed by atoms with Gasteiger partial charge in [0, 0.05) is 11.3 Å². The lowest BCUT2D eigenvalue weighted by Crippen LogP contribution is -2.14. The zero-order valence-electron chi connectivity index (χ0n) is 11.7. The average Bonchev–Trinajstić information content (AvgIpc) is 2.49. The third-order valence-corrected chi connectivity index (χ3v) is 4.24. The van der Waals surface area contributed by atoms with E-state index in [0.717, 1.165) is 0 Å². The Morgan fingerprint density at radius 1 is 1.00 bits per heavy atom. The SMILES string of the molecule is O=C(Nc1ccc(F)cc1)c1ccc(CS(=O)(=O)C(F)F)cc1. The maximum absolute atomic E-state index is 12.8. The first-order chi connectivity index (χ1) is 10.8. The fourth-order valence-electron chi connectivity index (χ4n) is 1.78. The Labute approximate surface area is 130 Å². The number of amides is 1. The quantitative estimate of drug-likeness (QED) is 0.907. The van der Waals surface area contributed by atoms with Gasteiger partial charge in [0.25, 0.3) is 5.91 Å². The fraction of sp³-hybridized carbons (Fsp3) is 0.133. The van der Waals surface area contributed by atoms with Crippen molar-refractivity contribution >= 4 is 21.4 Å². The molecule has 0 unspecified atom stereocenters. The summed E-state index contributed by atoms with van der Waals surface area (Å²) in [6, 6.07) is 10.4. The van der Waals surface area contributed by atoms with Crippen LogP contribution in [0.15, 0.2) is 48.5 Å². The van der Waals surface area contributed by atoms with Crippen LogP contribution in [0.1, 0.15) is 15.9 Å². The number of anilines is 1. The molecule has 0 fully saturated rings. The van der Waals surface area contributed by atoms with Crippen LogP contribution in [0.2, 0.25) is 0 Å². The predicted octanol–water partition coefficient (Wildman–Crippen LogP) is 3.22. The molecule has 4 nitrogen and oxygen atoms in total. The van der Waals surface area contributed by atoms with Crippen LogP contribution in [0.3, 0.4) is 0 Å². The van der Waals surface area contributed by atoms with Gasteiger partial charge < -0.3 is 5.32 Å². The number of alkyl halides is 2. The molecule has 0 saturated heterocycles. The van der Waals surface area contributed by atoms with Crippen molar-refractivity contribution in [2.24, 2.45) is 0 Å². The maximum Gasteiger partial charge on any atom is 0.337 e. The fourth-order valence-corrected chi connectivity index (χ4v) is 2.57. The molecule has 122 valence electrons. The molecule has 0 saturated carbocycles. The number of carbonyl (C=O) groups excluding carboxylic acids is 1. The number of halogens is 3. The third kappa shape index (κ3) is 4.56. The van der Waals surface area contributed by atoms with Gasteiger partial charge in [-0.25, -0.2) is 12.8 Å². The summed E-state index contributed by atoms with van der Waals surface area (Å²) in [6.45, 7) is 0. The highest BCUT2D eigenvalue weighted by Gasteiger charge is 2.24. The molecule has 2 aromatic rings. The van der Waals surface area contributed by atoms with E-state index < -0.39 is 33.1 Å². The molecular formula is C15H12F3NO3S. The number of carbonyl (C=O) groups is 1. The molecule has 0 aliphatic carbocycles. The molecule has 0 aliphatic rings. The third-order valence-electron chi connectivity index (χ3n) is 2.96. The average molecular weight is 343 g/mol. The second-order valence-electron chi connectivity index (χ2n) is 4.73. The summed E-state index contributed by atoms with van der Waals surface area (Å²) >= 11 is 0. The molecule has 8 heteroatoms. The molecule has 0 radical (unpaired) electrons. The molecule has 2 rings (SSSR count). The van der Waals surface area contributed by atoms with E-state index in [1.165, 1.54) is 48.5 Å². The summed E-state index contributed by atoms with van der Waals surface area (Å²) < 4.78 is 59.6. The van der Waals surface area contributed by atoms with E-state index in [4.69, 9.17) is 0 Å². The van der Waals surface area contributed by atoms with Crippen molar-refractivity contribution in [1.29, 1.82) is 0 Å². The Kier molecular flexibility index (Phi) is 5.05. The van der Waals surface area contributed by atoms with Crippen LogP contribution in [-0.2, 0) is 15.6 Å². The lowest BCUT2D eigenvalue weighted by molar-refractivity contribution is 0.102. The van der Waals surface area contributed by atoms with Crippen molar-refractivity contribution < 1.29 is 26.4 Å². The summed E-state index contributed by atoms with van der Waals surface area (Å²) in [5.41, 5.74) is 0.761. The van der Waals surface area contributed by atoms with Gasteiger partial charge in [0.1, 0.15) is 5.82 Å². The molecule has 23 heavy (non-hydrogen) atoms. The number of nitrogens with one attached hydrogen (secondary N) is 1. The maximum atomic E-state index is 12.8. The molecule has 0 aliphatic heterocycles. The molecular weight excluding hydrogens is 331 g/mol. The van der Waals surface area contributed by atoms with Crippen LogP contribution in [0, 0.1) is 5.82 Å². The van der Waals surface area contributed by atoms with Crippen LogP contribution < -0.4 is 5.32 Å². The van der Waals surface area contributed by atoms with Crippen LogP contribution >= 0.6 is 0 Å². The van der Waals surface area contributed by atoms with E-state index in [1.807, 2.05) is 0 Å². The number of benzene rings is 2. The minimum Gasteiger partial charge on any atom is -0.322 e. The van der Waals surface area contributed by atoms with Crippen molar-refractivity contribution in [1.82, 2.24) is 0 Å². The first kappa shape index (κ1) is 17.0. The van der Waals surface area contributed by atoms with Gasteiger partial charge in [-0.15, -0.1) is 0 Å². The topological polar surface area (TPSA) is 63.2 Å². The number of sulfone groups is 1. The second-order valence-corrected chi connectivity index (χ2v) is 6.70. The summed E-state index contributed by atoms with van der Waals surface area (Å²) in [6.07, 6.45) is 0. The van der Waals surface area contributed by atoms with Crippen molar-refractivity contribution in [3.8, 4) is 0 Å². The van der Waals surface area contributed by atoms with Gasteiger partial charge in [-0.3, -0.25) is 4.79 Å². The zero-order chi connectivity index (χ0) is 17.0. The number of hydrogen-bond donors (Lipinski definition) is 1. The minimum atomic E-state index is -4.51. The lowest BCUT2D eigenvalue weighted by atomic mass is 10.1. The van der Waals surface area contributed by atoms with Gasteiger partial charge in [0.15, 0.2) is 0 Å². The first-order valence-corrected chi connectivity index (χ1v) is 8.15. The van der Waals surface area contributed by atoms with E-state index in [1.54, 1.807) is 0 Å². The first-order valence-electron chi connectivity index (χ1n) is 6.43. The van der Waals surface area contributed by atoms with Crippen LogP contribution in [-0.4, -0.2) is 20.1 Å². The Hall–Kier alpha value is -2.35. The Morgan fingerprint density at radius 3 is 2.09 bits per heavy atom. The highest BCUT2D eigenvalue weighted by molar-refractivity contribution is 7.90.